The van der Waals surface area contributed by atoms with Crippen LogP contribution in [0, 0.1) is 0 Å². The number of hydrogen-bond acceptors (Lipinski definition) is 4. The molecular formula is C20H28IN5OS. The number of nitrogens with zero attached hydrogens (tertiary/aromatic N) is 3. The Kier molecular flexibility index (Phi) is 9.17. The molecule has 1 aromatic heterocycles. The van der Waals surface area contributed by atoms with E-state index in [0.29, 0.717) is 19.5 Å². The molecule has 1 aliphatic heterocycles. The highest BCUT2D eigenvalue weighted by Gasteiger charge is 2.21. The summed E-state index contributed by atoms with van der Waals surface area (Å²) in [4.78, 5) is 22.9. The van der Waals surface area contributed by atoms with Gasteiger partial charge in [0.1, 0.15) is 0 Å². The predicted octanol–water partition coefficient (Wildman–Crippen LogP) is 3.71. The first-order valence-electron chi connectivity index (χ1n) is 9.54. The summed E-state index contributed by atoms with van der Waals surface area (Å²) in [6.45, 7) is 7.04. The van der Waals surface area contributed by atoms with Crippen molar-refractivity contribution in [2.75, 3.05) is 18.0 Å². The fraction of sp³-hybridized carbons (Fsp3) is 0.450. The summed E-state index contributed by atoms with van der Waals surface area (Å²) in [5.41, 5.74) is 3.14. The monoisotopic (exact) mass is 513 g/mol. The lowest BCUT2D eigenvalue weighted by Gasteiger charge is -2.15. The van der Waals surface area contributed by atoms with Crippen LogP contribution >= 0.6 is 35.3 Å². The Labute approximate surface area is 187 Å². The smallest absolute Gasteiger partial charge is 0.227 e. The largest absolute Gasteiger partial charge is 0.357 e. The quantitative estimate of drug-likeness (QED) is 0.337. The van der Waals surface area contributed by atoms with E-state index in [-0.39, 0.29) is 29.9 Å². The number of benzene rings is 1. The van der Waals surface area contributed by atoms with Gasteiger partial charge in [0, 0.05) is 30.6 Å². The van der Waals surface area contributed by atoms with Gasteiger partial charge in [-0.25, -0.2) is 9.98 Å². The number of aliphatic imine (C=N–C) groups is 1. The highest BCUT2D eigenvalue weighted by molar-refractivity contribution is 14.0. The van der Waals surface area contributed by atoms with Crippen LogP contribution in [0.1, 0.15) is 43.0 Å². The van der Waals surface area contributed by atoms with Gasteiger partial charge in [0.05, 0.1) is 23.8 Å². The Morgan fingerprint density at radius 2 is 2.04 bits per heavy atom. The van der Waals surface area contributed by atoms with Gasteiger partial charge in [-0.3, -0.25) is 4.79 Å². The number of carbonyl (C=O) groups excluding carboxylic acids is 1. The molecule has 0 spiro atoms. The average molecular weight is 513 g/mol. The Balaban J connectivity index is 0.00000280. The fourth-order valence-corrected chi connectivity index (χ4v) is 3.73. The average Bonchev–Trinajstić information content (AvgIpc) is 3.33. The first-order valence-corrected chi connectivity index (χ1v) is 10.4. The van der Waals surface area contributed by atoms with Crippen molar-refractivity contribution in [3.05, 3.63) is 45.9 Å². The molecule has 0 atom stereocenters. The van der Waals surface area contributed by atoms with Crippen molar-refractivity contribution < 1.29 is 4.79 Å². The van der Waals surface area contributed by atoms with Crippen LogP contribution in [0.25, 0.3) is 0 Å². The fourth-order valence-electron chi connectivity index (χ4n) is 2.98. The summed E-state index contributed by atoms with van der Waals surface area (Å²) in [5.74, 6) is 0.995. The molecule has 2 aromatic rings. The molecular weight excluding hydrogens is 485 g/mol. The molecule has 0 bridgehead atoms. The molecule has 6 nitrogen and oxygen atoms in total. The summed E-state index contributed by atoms with van der Waals surface area (Å²) in [6.07, 6.45) is 2.57. The van der Waals surface area contributed by atoms with E-state index in [9.17, 15) is 4.79 Å². The van der Waals surface area contributed by atoms with E-state index in [1.54, 1.807) is 11.3 Å². The van der Waals surface area contributed by atoms with Crippen LogP contribution in [0.3, 0.4) is 0 Å². The van der Waals surface area contributed by atoms with Crippen LogP contribution in [0.2, 0.25) is 0 Å². The molecule has 1 fully saturated rings. The molecule has 2 N–H and O–H groups in total. The van der Waals surface area contributed by atoms with Gasteiger partial charge in [0.25, 0.3) is 0 Å². The van der Waals surface area contributed by atoms with Gasteiger partial charge in [-0.15, -0.1) is 35.3 Å². The summed E-state index contributed by atoms with van der Waals surface area (Å²) >= 11 is 1.70. The minimum atomic E-state index is 0. The van der Waals surface area contributed by atoms with E-state index in [2.05, 4.69) is 39.8 Å². The lowest BCUT2D eigenvalue weighted by molar-refractivity contribution is -0.117. The minimum absolute atomic E-state index is 0. The normalized spacial score (nSPS) is 14.1. The first kappa shape index (κ1) is 22.6. The van der Waals surface area contributed by atoms with Crippen molar-refractivity contribution in [2.45, 2.75) is 46.2 Å². The van der Waals surface area contributed by atoms with Gasteiger partial charge in [-0.05, 0) is 37.5 Å². The van der Waals surface area contributed by atoms with Gasteiger partial charge in [0.15, 0.2) is 5.96 Å². The van der Waals surface area contributed by atoms with E-state index >= 15 is 0 Å². The standard InChI is InChI=1S/C20H27N5OS.HI/c1-3-18-24-16(14-27-18)13-23-20(21-4-2)22-12-15-7-9-17(10-8-15)25-11-5-6-19(25)26;/h7-10,14H,3-6,11-13H2,1-2H3,(H2,21,22,23);1H. The molecule has 0 aliphatic carbocycles. The van der Waals surface area contributed by atoms with Gasteiger partial charge in [-0.1, -0.05) is 19.1 Å². The third-order valence-electron chi connectivity index (χ3n) is 4.42. The number of amides is 1. The number of anilines is 1. The number of guanidine groups is 1. The van der Waals surface area contributed by atoms with Crippen LogP contribution in [-0.4, -0.2) is 29.9 Å². The van der Waals surface area contributed by atoms with Crippen LogP contribution < -0.4 is 15.5 Å². The van der Waals surface area contributed by atoms with Crippen LogP contribution in [0.15, 0.2) is 34.6 Å². The number of hydrogen-bond donors (Lipinski definition) is 2. The molecule has 8 heteroatoms. The van der Waals surface area contributed by atoms with Crippen molar-refractivity contribution in [3.63, 3.8) is 0 Å². The number of nitrogens with one attached hydrogen (secondary N) is 2. The van der Waals surface area contributed by atoms with Crippen molar-refractivity contribution >= 4 is 52.9 Å². The van der Waals surface area contributed by atoms with E-state index < -0.39 is 0 Å². The van der Waals surface area contributed by atoms with Gasteiger partial charge < -0.3 is 15.5 Å². The summed E-state index contributed by atoms with van der Waals surface area (Å²) in [5, 5.41) is 9.85. The van der Waals surface area contributed by atoms with Gasteiger partial charge >= 0.3 is 0 Å². The molecule has 28 heavy (non-hydrogen) atoms. The highest BCUT2D eigenvalue weighted by atomic mass is 127. The van der Waals surface area contributed by atoms with Crippen molar-refractivity contribution in [1.29, 1.82) is 0 Å². The zero-order valence-electron chi connectivity index (χ0n) is 16.4. The number of halogens is 1. The number of carbonyl (C=O) groups is 1. The van der Waals surface area contributed by atoms with Crippen LogP contribution in [-0.2, 0) is 24.3 Å². The second-order valence-corrected chi connectivity index (χ2v) is 7.39. The third-order valence-corrected chi connectivity index (χ3v) is 5.47. The topological polar surface area (TPSA) is 69.6 Å². The number of thiazole rings is 1. The minimum Gasteiger partial charge on any atom is -0.357 e. The number of aromatic nitrogens is 1. The summed E-state index contributed by atoms with van der Waals surface area (Å²) < 4.78 is 0. The predicted molar refractivity (Wildman–Crippen MR) is 127 cm³/mol. The van der Waals surface area contributed by atoms with Crippen LogP contribution in [0.5, 0.6) is 0 Å². The van der Waals surface area contributed by atoms with Gasteiger partial charge in [-0.2, -0.15) is 0 Å². The van der Waals surface area contributed by atoms with E-state index in [1.807, 2.05) is 29.2 Å². The molecule has 0 unspecified atom stereocenters. The SMILES string of the molecule is CCNC(=NCc1ccc(N2CCCC2=O)cc1)NCc1csc(CC)n1.I. The zero-order chi connectivity index (χ0) is 19.1. The first-order chi connectivity index (χ1) is 13.2. The van der Waals surface area contributed by atoms with Crippen molar-refractivity contribution in [3.8, 4) is 0 Å². The maximum absolute atomic E-state index is 11.8. The van der Waals surface area contributed by atoms with Crippen molar-refractivity contribution in [2.24, 2.45) is 4.99 Å². The maximum Gasteiger partial charge on any atom is 0.227 e. The molecule has 0 saturated carbocycles. The molecule has 1 aromatic carbocycles. The Morgan fingerprint density at radius 3 is 2.64 bits per heavy atom. The van der Waals surface area contributed by atoms with Crippen LogP contribution in [0.4, 0.5) is 5.69 Å². The third kappa shape index (κ3) is 6.16. The maximum atomic E-state index is 11.8. The molecule has 3 rings (SSSR count). The Morgan fingerprint density at radius 1 is 1.25 bits per heavy atom. The van der Waals surface area contributed by atoms with E-state index in [4.69, 9.17) is 0 Å². The molecule has 1 saturated heterocycles. The number of rotatable bonds is 7. The number of aryl methyl sites for hydroxylation is 1. The Hall–Kier alpha value is -1.68. The Bertz CT molecular complexity index is 790. The van der Waals surface area contributed by atoms with E-state index in [0.717, 1.165) is 53.8 Å². The summed E-state index contributed by atoms with van der Waals surface area (Å²) in [6, 6.07) is 8.11. The van der Waals surface area contributed by atoms with Crippen molar-refractivity contribution in [1.82, 2.24) is 15.6 Å². The zero-order valence-corrected chi connectivity index (χ0v) is 19.5. The molecule has 0 radical (unpaired) electrons. The second kappa shape index (κ2) is 11.4. The summed E-state index contributed by atoms with van der Waals surface area (Å²) in [7, 11) is 0. The second-order valence-electron chi connectivity index (χ2n) is 6.45. The molecule has 1 aliphatic rings. The lowest BCUT2D eigenvalue weighted by Crippen LogP contribution is -2.36. The van der Waals surface area contributed by atoms with E-state index in [1.165, 1.54) is 0 Å². The van der Waals surface area contributed by atoms with Gasteiger partial charge in [0.2, 0.25) is 5.91 Å². The molecule has 1 amide bonds. The molecule has 152 valence electrons. The molecule has 2 heterocycles. The lowest BCUT2D eigenvalue weighted by atomic mass is 10.2. The highest BCUT2D eigenvalue weighted by Crippen LogP contribution is 2.21.